The molecule has 1 aliphatic heterocycles. The quantitative estimate of drug-likeness (QED) is 0.910. The third-order valence-electron chi connectivity index (χ3n) is 4.29. The zero-order chi connectivity index (χ0) is 13.8. The van der Waals surface area contributed by atoms with E-state index in [1.165, 1.54) is 4.31 Å². The number of nitrogens with two attached hydrogens (primary N) is 1. The van der Waals surface area contributed by atoms with Crippen LogP contribution in [-0.4, -0.2) is 31.4 Å². The molecule has 1 saturated heterocycles. The molecule has 1 aromatic rings. The maximum atomic E-state index is 12.6. The highest BCUT2D eigenvalue weighted by Crippen LogP contribution is 2.44. The van der Waals surface area contributed by atoms with Crippen LogP contribution in [0.25, 0.3) is 0 Å². The summed E-state index contributed by atoms with van der Waals surface area (Å²) < 4.78 is 26.7. The molecule has 19 heavy (non-hydrogen) atoms. The van der Waals surface area contributed by atoms with Crippen LogP contribution in [0.4, 0.5) is 0 Å². The van der Waals surface area contributed by atoms with Gasteiger partial charge in [0.2, 0.25) is 10.0 Å². The molecule has 1 aliphatic carbocycles. The third kappa shape index (κ3) is 2.10. The Kier molecular flexibility index (Phi) is 2.78. The summed E-state index contributed by atoms with van der Waals surface area (Å²) in [6.07, 6.45) is 2.29. The summed E-state index contributed by atoms with van der Waals surface area (Å²) >= 11 is 0. The van der Waals surface area contributed by atoms with Gasteiger partial charge in [-0.2, -0.15) is 4.31 Å². The number of rotatable bonds is 3. The Hall–Kier alpha value is -0.910. The van der Waals surface area contributed by atoms with Gasteiger partial charge in [-0.25, -0.2) is 8.42 Å². The Balaban J connectivity index is 1.86. The lowest BCUT2D eigenvalue weighted by Gasteiger charge is -2.47. The lowest BCUT2D eigenvalue weighted by Crippen LogP contribution is -2.69. The van der Waals surface area contributed by atoms with Crippen molar-refractivity contribution in [3.63, 3.8) is 0 Å². The average molecular weight is 280 g/mol. The Bertz CT molecular complexity index is 614. The van der Waals surface area contributed by atoms with E-state index in [1.54, 1.807) is 6.07 Å². The third-order valence-corrected chi connectivity index (χ3v) is 6.23. The highest BCUT2D eigenvalue weighted by atomic mass is 32.2. The highest BCUT2D eigenvalue weighted by Gasteiger charge is 2.53. The van der Waals surface area contributed by atoms with E-state index in [1.807, 2.05) is 26.0 Å². The smallest absolute Gasteiger partial charge is 0.243 e. The Morgan fingerprint density at radius 3 is 2.47 bits per heavy atom. The average Bonchev–Trinajstić information content (AvgIpc) is 3.12. The second-order valence-corrected chi connectivity index (χ2v) is 7.96. The van der Waals surface area contributed by atoms with Gasteiger partial charge in [-0.05, 0) is 49.8 Å². The van der Waals surface area contributed by atoms with Crippen molar-refractivity contribution in [2.45, 2.75) is 37.1 Å². The van der Waals surface area contributed by atoms with E-state index in [9.17, 15) is 8.42 Å². The maximum Gasteiger partial charge on any atom is 0.243 e. The molecule has 0 spiro atoms. The molecule has 4 nitrogen and oxygen atoms in total. The number of sulfonamides is 1. The van der Waals surface area contributed by atoms with E-state index in [0.717, 1.165) is 24.0 Å². The first-order valence-corrected chi connectivity index (χ1v) is 8.13. The molecule has 1 heterocycles. The van der Waals surface area contributed by atoms with Gasteiger partial charge in [-0.15, -0.1) is 0 Å². The minimum atomic E-state index is -3.38. The van der Waals surface area contributed by atoms with E-state index in [2.05, 4.69) is 0 Å². The molecule has 0 aromatic heterocycles. The molecule has 104 valence electrons. The molecule has 2 N–H and O–H groups in total. The standard InChI is InChI=1S/C14H20N2O2S/c1-10-3-4-11(2)13(7-10)19(17,18)16-8-14(15,9-16)12-5-6-12/h3-4,7,12H,5-6,8-9,15H2,1-2H3. The topological polar surface area (TPSA) is 63.4 Å². The van der Waals surface area contributed by atoms with Crippen LogP contribution < -0.4 is 5.73 Å². The predicted octanol–water partition coefficient (Wildman–Crippen LogP) is 1.42. The van der Waals surface area contributed by atoms with Crippen molar-refractivity contribution in [2.24, 2.45) is 11.7 Å². The Morgan fingerprint density at radius 1 is 1.26 bits per heavy atom. The number of nitrogens with zero attached hydrogens (tertiary/aromatic N) is 1. The van der Waals surface area contributed by atoms with Crippen LogP contribution in [-0.2, 0) is 10.0 Å². The van der Waals surface area contributed by atoms with Crippen LogP contribution >= 0.6 is 0 Å². The highest BCUT2D eigenvalue weighted by molar-refractivity contribution is 7.89. The van der Waals surface area contributed by atoms with Gasteiger partial charge >= 0.3 is 0 Å². The minimum absolute atomic E-state index is 0.273. The summed E-state index contributed by atoms with van der Waals surface area (Å²) in [6, 6.07) is 5.54. The first kappa shape index (κ1) is 13.1. The van der Waals surface area contributed by atoms with Crippen LogP contribution in [0.1, 0.15) is 24.0 Å². The molecule has 0 amide bonds. The lowest BCUT2D eigenvalue weighted by molar-refractivity contribution is 0.135. The molecular formula is C14H20N2O2S. The molecule has 1 aromatic carbocycles. The van der Waals surface area contributed by atoms with Crippen LogP contribution in [0.2, 0.25) is 0 Å². The maximum absolute atomic E-state index is 12.6. The van der Waals surface area contributed by atoms with Crippen LogP contribution in [0.5, 0.6) is 0 Å². The van der Waals surface area contributed by atoms with E-state index in [0.29, 0.717) is 23.9 Å². The summed E-state index contributed by atoms with van der Waals surface area (Å²) in [6.45, 7) is 4.68. The van der Waals surface area contributed by atoms with Crippen molar-refractivity contribution in [3.05, 3.63) is 29.3 Å². The largest absolute Gasteiger partial charge is 0.323 e. The molecule has 2 fully saturated rings. The van der Waals surface area contributed by atoms with Gasteiger partial charge in [-0.3, -0.25) is 0 Å². The zero-order valence-corrected chi connectivity index (χ0v) is 12.2. The molecule has 1 saturated carbocycles. The van der Waals surface area contributed by atoms with Gasteiger partial charge < -0.3 is 5.73 Å². The SMILES string of the molecule is Cc1ccc(C)c(S(=O)(=O)N2CC(N)(C3CC3)C2)c1. The normalized spacial score (nSPS) is 23.1. The van der Waals surface area contributed by atoms with Crippen molar-refractivity contribution >= 4 is 10.0 Å². The monoisotopic (exact) mass is 280 g/mol. The first-order chi connectivity index (χ1) is 8.83. The lowest BCUT2D eigenvalue weighted by atomic mass is 9.88. The van der Waals surface area contributed by atoms with Gasteiger partial charge in [0, 0.05) is 18.6 Å². The van der Waals surface area contributed by atoms with Crippen LogP contribution in [0, 0.1) is 19.8 Å². The molecule has 0 atom stereocenters. The first-order valence-electron chi connectivity index (χ1n) is 6.69. The Morgan fingerprint density at radius 2 is 1.89 bits per heavy atom. The molecule has 0 unspecified atom stereocenters. The number of benzene rings is 1. The summed E-state index contributed by atoms with van der Waals surface area (Å²) in [5, 5.41) is 0. The summed E-state index contributed by atoms with van der Waals surface area (Å²) in [5.74, 6) is 0.526. The summed E-state index contributed by atoms with van der Waals surface area (Å²) in [7, 11) is -3.38. The predicted molar refractivity (Wildman–Crippen MR) is 74.3 cm³/mol. The van der Waals surface area contributed by atoms with E-state index in [4.69, 9.17) is 5.73 Å². The second kappa shape index (κ2) is 4.04. The second-order valence-electron chi connectivity index (χ2n) is 6.05. The van der Waals surface area contributed by atoms with E-state index in [-0.39, 0.29) is 5.54 Å². The van der Waals surface area contributed by atoms with Gasteiger partial charge in [-0.1, -0.05) is 12.1 Å². The zero-order valence-electron chi connectivity index (χ0n) is 11.4. The minimum Gasteiger partial charge on any atom is -0.323 e. The van der Waals surface area contributed by atoms with Crippen molar-refractivity contribution in [2.75, 3.05) is 13.1 Å². The fraction of sp³-hybridized carbons (Fsp3) is 0.571. The number of aryl methyl sites for hydroxylation is 2. The van der Waals surface area contributed by atoms with Gasteiger partial charge in [0.05, 0.1) is 4.90 Å². The molecule has 3 rings (SSSR count). The van der Waals surface area contributed by atoms with Crippen molar-refractivity contribution in [3.8, 4) is 0 Å². The van der Waals surface area contributed by atoms with Crippen molar-refractivity contribution < 1.29 is 8.42 Å². The fourth-order valence-corrected chi connectivity index (χ4v) is 4.73. The number of hydrogen-bond donors (Lipinski definition) is 1. The molecule has 2 aliphatic rings. The van der Waals surface area contributed by atoms with Gasteiger partial charge in [0.15, 0.2) is 0 Å². The number of hydrogen-bond acceptors (Lipinski definition) is 3. The van der Waals surface area contributed by atoms with Crippen molar-refractivity contribution in [1.29, 1.82) is 0 Å². The van der Waals surface area contributed by atoms with Crippen LogP contribution in [0.3, 0.4) is 0 Å². The molecule has 0 radical (unpaired) electrons. The Labute approximate surface area is 114 Å². The summed E-state index contributed by atoms with van der Waals surface area (Å²) in [5.41, 5.74) is 7.72. The summed E-state index contributed by atoms with van der Waals surface area (Å²) in [4.78, 5) is 0.422. The molecule has 5 heteroatoms. The van der Waals surface area contributed by atoms with Crippen molar-refractivity contribution in [1.82, 2.24) is 4.31 Å². The van der Waals surface area contributed by atoms with Crippen LogP contribution in [0.15, 0.2) is 23.1 Å². The van der Waals surface area contributed by atoms with E-state index < -0.39 is 10.0 Å². The fourth-order valence-electron chi connectivity index (χ4n) is 2.82. The molecular weight excluding hydrogens is 260 g/mol. The van der Waals surface area contributed by atoms with E-state index >= 15 is 0 Å². The molecule has 0 bridgehead atoms. The van der Waals surface area contributed by atoms with Gasteiger partial charge in [0.25, 0.3) is 0 Å². The van der Waals surface area contributed by atoms with Gasteiger partial charge in [0.1, 0.15) is 0 Å².